The third kappa shape index (κ3) is 3.27. The van der Waals surface area contributed by atoms with Gasteiger partial charge < -0.3 is 10.4 Å². The second kappa shape index (κ2) is 6.38. The first-order chi connectivity index (χ1) is 9.61. The molecule has 1 aromatic heterocycles. The van der Waals surface area contributed by atoms with Gasteiger partial charge in [-0.1, -0.05) is 30.0 Å². The SMILES string of the molecule is Cc1cccc(C)c1NC(=O)c1csc(C#CCO)c1. The smallest absolute Gasteiger partial charge is 0.256 e. The molecule has 0 saturated heterocycles. The van der Waals surface area contributed by atoms with Crippen molar-refractivity contribution in [2.45, 2.75) is 13.8 Å². The number of rotatable bonds is 2. The largest absolute Gasteiger partial charge is 0.384 e. The highest BCUT2D eigenvalue weighted by molar-refractivity contribution is 7.10. The minimum absolute atomic E-state index is 0.143. The molecule has 2 N–H and O–H groups in total. The third-order valence-corrected chi connectivity index (χ3v) is 3.72. The monoisotopic (exact) mass is 285 g/mol. The number of carbonyl (C=O) groups excluding carboxylic acids is 1. The van der Waals surface area contributed by atoms with Crippen molar-refractivity contribution >= 4 is 22.9 Å². The second-order valence-corrected chi connectivity index (χ2v) is 5.29. The maximum absolute atomic E-state index is 12.2. The van der Waals surface area contributed by atoms with Gasteiger partial charge in [-0.25, -0.2) is 0 Å². The number of aryl methyl sites for hydroxylation is 2. The van der Waals surface area contributed by atoms with Crippen LogP contribution in [-0.4, -0.2) is 17.6 Å². The first kappa shape index (κ1) is 14.3. The van der Waals surface area contributed by atoms with Gasteiger partial charge in [0.05, 0.1) is 10.4 Å². The van der Waals surface area contributed by atoms with Crippen LogP contribution >= 0.6 is 11.3 Å². The van der Waals surface area contributed by atoms with Gasteiger partial charge in [0.25, 0.3) is 5.91 Å². The number of anilines is 1. The molecule has 0 bridgehead atoms. The fourth-order valence-corrected chi connectivity index (χ4v) is 2.60. The Hall–Kier alpha value is -2.09. The average molecular weight is 285 g/mol. The van der Waals surface area contributed by atoms with E-state index in [9.17, 15) is 4.79 Å². The summed E-state index contributed by atoms with van der Waals surface area (Å²) in [4.78, 5) is 13.0. The van der Waals surface area contributed by atoms with Crippen LogP contribution in [0.15, 0.2) is 29.6 Å². The molecule has 20 heavy (non-hydrogen) atoms. The highest BCUT2D eigenvalue weighted by Crippen LogP contribution is 2.21. The van der Waals surface area contributed by atoms with Gasteiger partial charge in [0.2, 0.25) is 0 Å². The molecule has 0 saturated carbocycles. The number of nitrogens with one attached hydrogen (secondary N) is 1. The number of hydrogen-bond acceptors (Lipinski definition) is 3. The van der Waals surface area contributed by atoms with E-state index in [1.807, 2.05) is 32.0 Å². The molecule has 0 aliphatic rings. The zero-order valence-electron chi connectivity index (χ0n) is 11.4. The molecule has 2 aromatic rings. The van der Waals surface area contributed by atoms with Gasteiger partial charge in [0, 0.05) is 11.1 Å². The summed E-state index contributed by atoms with van der Waals surface area (Å²) < 4.78 is 0. The predicted molar refractivity (Wildman–Crippen MR) is 82.2 cm³/mol. The lowest BCUT2D eigenvalue weighted by molar-refractivity contribution is 0.102. The Morgan fingerprint density at radius 1 is 1.35 bits per heavy atom. The summed E-state index contributed by atoms with van der Waals surface area (Å²) in [6, 6.07) is 7.63. The highest BCUT2D eigenvalue weighted by Gasteiger charge is 2.11. The first-order valence-electron chi connectivity index (χ1n) is 6.17. The van der Waals surface area contributed by atoms with Crippen molar-refractivity contribution in [2.24, 2.45) is 0 Å². The van der Waals surface area contributed by atoms with Crippen molar-refractivity contribution < 1.29 is 9.90 Å². The molecule has 0 aliphatic carbocycles. The quantitative estimate of drug-likeness (QED) is 0.833. The summed E-state index contributed by atoms with van der Waals surface area (Å²) in [6.07, 6.45) is 0. The predicted octanol–water partition coefficient (Wildman–Crippen LogP) is 2.96. The number of benzene rings is 1. The molecule has 2 rings (SSSR count). The molecular weight excluding hydrogens is 270 g/mol. The van der Waals surface area contributed by atoms with Crippen LogP contribution in [-0.2, 0) is 0 Å². The van der Waals surface area contributed by atoms with E-state index in [2.05, 4.69) is 17.2 Å². The van der Waals surface area contributed by atoms with Crippen molar-refractivity contribution in [3.63, 3.8) is 0 Å². The number of thiophene rings is 1. The topological polar surface area (TPSA) is 49.3 Å². The lowest BCUT2D eigenvalue weighted by atomic mass is 10.1. The second-order valence-electron chi connectivity index (χ2n) is 4.38. The van der Waals surface area contributed by atoms with Crippen LogP contribution in [0, 0.1) is 25.7 Å². The van der Waals surface area contributed by atoms with E-state index in [1.54, 1.807) is 11.4 Å². The van der Waals surface area contributed by atoms with Crippen molar-refractivity contribution in [2.75, 3.05) is 11.9 Å². The van der Waals surface area contributed by atoms with E-state index >= 15 is 0 Å². The van der Waals surface area contributed by atoms with Crippen LogP contribution in [0.5, 0.6) is 0 Å². The molecule has 1 aromatic carbocycles. The van der Waals surface area contributed by atoms with Gasteiger partial charge in [-0.15, -0.1) is 11.3 Å². The number of amides is 1. The fraction of sp³-hybridized carbons (Fsp3) is 0.188. The lowest BCUT2D eigenvalue weighted by Crippen LogP contribution is -2.12. The van der Waals surface area contributed by atoms with E-state index in [4.69, 9.17) is 5.11 Å². The molecule has 1 heterocycles. The molecule has 0 spiro atoms. The Bertz CT molecular complexity index is 672. The Morgan fingerprint density at radius 3 is 2.70 bits per heavy atom. The van der Waals surface area contributed by atoms with Crippen LogP contribution in [0.1, 0.15) is 26.4 Å². The van der Waals surface area contributed by atoms with Crippen LogP contribution < -0.4 is 5.32 Å². The summed E-state index contributed by atoms with van der Waals surface area (Å²) in [5, 5.41) is 13.4. The standard InChI is InChI=1S/C16H15NO2S/c1-11-5-3-6-12(2)15(11)17-16(19)13-9-14(20-10-13)7-4-8-18/h3,5-6,9-10,18H,8H2,1-2H3,(H,17,19). The van der Waals surface area contributed by atoms with Gasteiger partial charge >= 0.3 is 0 Å². The van der Waals surface area contributed by atoms with Crippen LogP contribution in [0.25, 0.3) is 0 Å². The number of para-hydroxylation sites is 1. The number of aliphatic hydroxyl groups excluding tert-OH is 1. The fourth-order valence-electron chi connectivity index (χ4n) is 1.84. The summed E-state index contributed by atoms with van der Waals surface area (Å²) in [5.41, 5.74) is 3.51. The number of aliphatic hydroxyl groups is 1. The Labute approximate surface area is 122 Å². The summed E-state index contributed by atoms with van der Waals surface area (Å²) in [5.74, 6) is 5.22. The van der Waals surface area contributed by atoms with Crippen molar-refractivity contribution in [1.82, 2.24) is 0 Å². The van der Waals surface area contributed by atoms with E-state index in [1.165, 1.54) is 11.3 Å². The molecule has 0 fully saturated rings. The van der Waals surface area contributed by atoms with E-state index < -0.39 is 0 Å². The Balaban J connectivity index is 2.18. The van der Waals surface area contributed by atoms with Gasteiger partial charge in [-0.05, 0) is 31.0 Å². The van der Waals surface area contributed by atoms with Crippen molar-refractivity contribution in [3.05, 3.63) is 51.2 Å². The molecule has 1 amide bonds. The van der Waals surface area contributed by atoms with Gasteiger partial charge in [0.1, 0.15) is 6.61 Å². The molecule has 3 nitrogen and oxygen atoms in total. The Kier molecular flexibility index (Phi) is 4.57. The normalized spacial score (nSPS) is 9.75. The minimum Gasteiger partial charge on any atom is -0.384 e. The molecule has 0 atom stereocenters. The van der Waals surface area contributed by atoms with E-state index in [-0.39, 0.29) is 12.5 Å². The van der Waals surface area contributed by atoms with Gasteiger partial charge in [0.15, 0.2) is 0 Å². The maximum atomic E-state index is 12.2. The maximum Gasteiger partial charge on any atom is 0.256 e. The van der Waals surface area contributed by atoms with Crippen LogP contribution in [0.2, 0.25) is 0 Å². The third-order valence-electron chi connectivity index (χ3n) is 2.87. The van der Waals surface area contributed by atoms with E-state index in [0.29, 0.717) is 5.56 Å². The first-order valence-corrected chi connectivity index (χ1v) is 7.05. The molecule has 0 aliphatic heterocycles. The van der Waals surface area contributed by atoms with Crippen LogP contribution in [0.3, 0.4) is 0 Å². The minimum atomic E-state index is -0.179. The number of hydrogen-bond donors (Lipinski definition) is 2. The molecule has 0 unspecified atom stereocenters. The summed E-state index contributed by atoms with van der Waals surface area (Å²) >= 11 is 1.39. The zero-order chi connectivity index (χ0) is 14.5. The number of carbonyl (C=O) groups is 1. The van der Waals surface area contributed by atoms with Gasteiger partial charge in [-0.2, -0.15) is 0 Å². The zero-order valence-corrected chi connectivity index (χ0v) is 12.2. The van der Waals surface area contributed by atoms with Crippen molar-refractivity contribution in [3.8, 4) is 11.8 Å². The van der Waals surface area contributed by atoms with E-state index in [0.717, 1.165) is 21.7 Å². The summed E-state index contributed by atoms with van der Waals surface area (Å²) in [7, 11) is 0. The molecule has 0 radical (unpaired) electrons. The molecule has 4 heteroatoms. The Morgan fingerprint density at radius 2 is 2.05 bits per heavy atom. The van der Waals surface area contributed by atoms with Gasteiger partial charge in [-0.3, -0.25) is 4.79 Å². The summed E-state index contributed by atoms with van der Waals surface area (Å²) in [6.45, 7) is 3.75. The van der Waals surface area contributed by atoms with Crippen molar-refractivity contribution in [1.29, 1.82) is 0 Å². The highest BCUT2D eigenvalue weighted by atomic mass is 32.1. The van der Waals surface area contributed by atoms with Crippen LogP contribution in [0.4, 0.5) is 5.69 Å². The lowest BCUT2D eigenvalue weighted by Gasteiger charge is -2.10. The molecule has 102 valence electrons. The average Bonchev–Trinajstić information content (AvgIpc) is 2.89. The molecular formula is C16H15NO2S.